The molecule has 4 fully saturated rings. The van der Waals surface area contributed by atoms with Crippen molar-refractivity contribution in [3.63, 3.8) is 0 Å². The number of amidine groups is 4. The van der Waals surface area contributed by atoms with Crippen molar-refractivity contribution in [2.75, 3.05) is 151 Å². The van der Waals surface area contributed by atoms with Crippen LogP contribution in [0.2, 0.25) is 15.1 Å². The molecule has 0 radical (unpaired) electrons. The Bertz CT molecular complexity index is 5800. The fraction of sp³-hybridized carbons (Fsp3) is 0.433. The van der Waals surface area contributed by atoms with E-state index in [1.165, 1.54) is 87.8 Å². The zero-order valence-corrected chi connectivity index (χ0v) is 87.4. The van der Waals surface area contributed by atoms with E-state index < -0.39 is 59.7 Å². The Morgan fingerprint density at radius 1 is 0.441 bits per heavy atom. The zero-order valence-electron chi connectivity index (χ0n) is 78.7. The van der Waals surface area contributed by atoms with Gasteiger partial charge in [-0.25, -0.2) is 52.3 Å². The molecule has 0 spiro atoms. The molecule has 764 valence electrons. The number of Topliss-reactive ketones (excluding diaryl/α,β-unsaturated/α-hetero) is 1. The maximum Gasteiger partial charge on any atom is 0.338 e. The molecule has 8 aliphatic heterocycles. The van der Waals surface area contributed by atoms with Crippen LogP contribution in [0, 0.1) is 17.5 Å². The molecule has 8 atom stereocenters. The number of thiazole rings is 4. The highest BCUT2D eigenvalue weighted by molar-refractivity contribution is 9.10. The van der Waals surface area contributed by atoms with Crippen LogP contribution in [0.4, 0.5) is 13.2 Å². The number of ketones is 1. The highest BCUT2D eigenvalue weighted by Gasteiger charge is 2.42. The van der Waals surface area contributed by atoms with Crippen molar-refractivity contribution >= 4 is 178 Å². The van der Waals surface area contributed by atoms with E-state index in [0.717, 1.165) is 6.42 Å². The van der Waals surface area contributed by atoms with Gasteiger partial charge in [-0.2, -0.15) is 0 Å². The topological polar surface area (TPSA) is 394 Å². The van der Waals surface area contributed by atoms with E-state index in [0.29, 0.717) is 280 Å². The van der Waals surface area contributed by atoms with E-state index >= 15 is 0 Å². The molecule has 0 saturated carbocycles. The monoisotopic (exact) mass is 2230 g/mol. The number of carbonyl (C=O) groups excluding carboxylic acids is 7. The van der Waals surface area contributed by atoms with E-state index in [1.807, 2.05) is 21.5 Å². The fourth-order valence-electron chi connectivity index (χ4n) is 16.7. The third kappa shape index (κ3) is 30.8. The molecular weight excluding hydrogens is 2130 g/mol. The number of aliphatic hydroxyl groups is 1. The second-order valence-corrected chi connectivity index (χ2v) is 39.6. The molecule has 0 amide bonds. The molecule has 143 heavy (non-hydrogen) atoms. The first-order valence-corrected chi connectivity index (χ1v) is 52.5. The first-order valence-electron chi connectivity index (χ1n) is 46.3. The van der Waals surface area contributed by atoms with Crippen LogP contribution in [0.5, 0.6) is 0 Å². The van der Waals surface area contributed by atoms with Crippen LogP contribution in [-0.4, -0.2) is 286 Å². The number of hydrogen-bond acceptors (Lipinski definition) is 38. The quantitative estimate of drug-likeness (QED) is 0.0104. The van der Waals surface area contributed by atoms with Gasteiger partial charge in [0.15, 0.2) is 43.4 Å². The molecule has 5 N–H and O–H groups in total. The number of benzene rings is 4. The lowest BCUT2D eigenvalue weighted by atomic mass is 9.95. The number of esters is 4. The van der Waals surface area contributed by atoms with Crippen LogP contribution in [0.3, 0.4) is 0 Å². The van der Waals surface area contributed by atoms with Gasteiger partial charge < -0.3 is 78.5 Å². The molecule has 4 aromatic heterocycles. The minimum absolute atomic E-state index is 0.0141. The summed E-state index contributed by atoms with van der Waals surface area (Å²) in [6, 6.07) is 14.9. The van der Waals surface area contributed by atoms with Crippen molar-refractivity contribution in [2.45, 2.75) is 122 Å². The lowest BCUT2D eigenvalue weighted by molar-refractivity contribution is -0.139. The average Bonchev–Trinajstić information content (AvgIpc) is 1.47. The summed E-state index contributed by atoms with van der Waals surface area (Å²) in [6.07, 6.45) is 10.2. The highest BCUT2D eigenvalue weighted by Crippen LogP contribution is 2.43. The van der Waals surface area contributed by atoms with Crippen LogP contribution in [0.1, 0.15) is 140 Å². The Morgan fingerprint density at radius 2 is 0.741 bits per heavy atom. The number of morpholine rings is 4. The summed E-state index contributed by atoms with van der Waals surface area (Å²) >= 11 is 31.7. The van der Waals surface area contributed by atoms with E-state index in [4.69, 9.17) is 102 Å². The lowest BCUT2D eigenvalue weighted by Gasteiger charge is -2.35. The van der Waals surface area contributed by atoms with Gasteiger partial charge in [0.2, 0.25) is 0 Å². The van der Waals surface area contributed by atoms with Gasteiger partial charge in [-0.3, -0.25) is 49.2 Å². The molecular formula is C97H108Br2Cl3F3N16O18S4. The Morgan fingerprint density at radius 3 is 1.03 bits per heavy atom. The van der Waals surface area contributed by atoms with Crippen molar-refractivity contribution in [1.82, 2.24) is 60.8 Å². The highest BCUT2D eigenvalue weighted by atomic mass is 79.9. The predicted octanol–water partition coefficient (Wildman–Crippen LogP) is 14.2. The van der Waals surface area contributed by atoms with Gasteiger partial charge in [0, 0.05) is 209 Å². The molecule has 46 heteroatoms. The van der Waals surface area contributed by atoms with E-state index in [2.05, 4.69) is 92.7 Å². The maximum absolute atomic E-state index is 13.9. The number of aliphatic imine (C=N–C) groups is 4. The molecule has 4 aromatic carbocycles. The lowest BCUT2D eigenvalue weighted by Crippen LogP contribution is -2.46. The van der Waals surface area contributed by atoms with Crippen LogP contribution >= 0.6 is 112 Å². The molecule has 8 aromatic rings. The molecule has 12 heterocycles. The van der Waals surface area contributed by atoms with Gasteiger partial charge >= 0.3 is 23.9 Å². The van der Waals surface area contributed by atoms with Gasteiger partial charge in [-0.15, -0.1) is 45.3 Å². The minimum atomic E-state index is -0.815. The Labute approximate surface area is 872 Å². The number of halogens is 8. The smallest absolute Gasteiger partial charge is 0.338 e. The number of rotatable bonds is 38. The molecule has 34 nitrogen and oxygen atoms in total. The summed E-state index contributed by atoms with van der Waals surface area (Å²) in [4.78, 5) is 131. The van der Waals surface area contributed by atoms with Gasteiger partial charge in [0.25, 0.3) is 12.9 Å². The van der Waals surface area contributed by atoms with Crippen molar-refractivity contribution in [3.8, 4) is 0 Å². The van der Waals surface area contributed by atoms with Crippen LogP contribution in [0.15, 0.2) is 193 Å². The fourth-order valence-corrected chi connectivity index (χ4v) is 21.0. The number of nitrogens with one attached hydrogen (secondary N) is 4. The maximum atomic E-state index is 13.9. The zero-order chi connectivity index (χ0) is 101. The second-order valence-electron chi connectivity index (χ2n) is 33.0. The average molecular weight is 2240 g/mol. The normalized spacial score (nSPS) is 20.6. The molecule has 8 aliphatic rings. The van der Waals surface area contributed by atoms with Crippen molar-refractivity contribution in [3.05, 3.63) is 248 Å². The third-order valence-corrected chi connectivity index (χ3v) is 28.6. The third-order valence-electron chi connectivity index (χ3n) is 23.2. The number of aromatic nitrogens is 4. The summed E-state index contributed by atoms with van der Waals surface area (Å²) in [5.41, 5.74) is 6.47. The van der Waals surface area contributed by atoms with Crippen molar-refractivity contribution < 1.29 is 99.2 Å². The molecule has 4 saturated heterocycles. The van der Waals surface area contributed by atoms with E-state index in [1.54, 1.807) is 89.7 Å². The summed E-state index contributed by atoms with van der Waals surface area (Å²) in [6.45, 7) is 19.9. The predicted molar refractivity (Wildman–Crippen MR) is 543 cm³/mol. The number of carbonyl (C=O) groups is 7. The van der Waals surface area contributed by atoms with E-state index in [9.17, 15) is 51.8 Å². The minimum Gasteiger partial charge on any atom is -0.468 e. The molecule has 0 aliphatic carbocycles. The first kappa shape index (κ1) is 110. The standard InChI is InChI=1S/C25H28BrFN4O4S.C24H28BrFN4O4S.C24H26Cl2N4O5S.C24H26ClFN4O5S/c1-3-34-25(33)21-20(14-31-9-10-35-17(13-31)6-4-15(2)32)29-23(24-28-8-11-36-24)30-22(21)18-7-5-16(27)12-19(18)26;1-2-33-24(32)20-19(14-30-8-10-34-16(13-30)4-3-9-31)28-22(23-27-7-11-35-23)29-21(20)17-6-5-15(26)12-18(17)25;1-2-34-24(32)20-19(13-30-7-9-35-16(12-30)5-8-33-14-31)28-22(23-27-6-10-36-23)29-21(20)17-4-3-15(25)11-18(17)26;1-2-34-24(32)20-19(13-30-7-9-35-16(12-30)5-8-33-14-31)28-22(23-27-6-10-36-23)29-21(20)17-4-3-15(26)11-18(17)25/h5,7-8,11-12,17,22H,3-4,6,9-10,13-14H2,1-2H3,(H,29,30);5-7,11-12,16,21,31H,2-4,8-10,13-14H2,1H3,(H,28,29);2*3-4,6,10-11,14,16,21H,2,5,7-9,12-13H2,1H3,(H,28,29). The number of nitrogens with zero attached hydrogens (tertiary/aromatic N) is 12. The molecule has 16 rings (SSSR count). The SMILES string of the molecule is CCOC(=O)C1=C(CN2CCOC(CCC(C)=O)C2)NC(c2nccs2)=NC1c1ccc(F)cc1Br.CCOC(=O)C1=C(CN2CCOC(CCCO)C2)NC(c2nccs2)=NC1c1ccc(F)cc1Br.CCOC(=O)C1=C(CN2CCOC(CCOC=O)C2)NC(c2nccs2)=NC1c1ccc(Cl)cc1Cl.CCOC(=O)C1=C(CN2CCOC(CCOC=O)C2)NC(c2nccs2)=NC1c1ccc(F)cc1Cl. The largest absolute Gasteiger partial charge is 0.468 e. The van der Waals surface area contributed by atoms with E-state index in [-0.39, 0.29) is 87.3 Å². The van der Waals surface area contributed by atoms with Gasteiger partial charge in [0.1, 0.15) is 47.4 Å². The molecule has 0 bridgehead atoms. The number of ether oxygens (including phenoxy) is 10. The second kappa shape index (κ2) is 55.5. The van der Waals surface area contributed by atoms with Crippen LogP contribution < -0.4 is 21.3 Å². The van der Waals surface area contributed by atoms with Crippen molar-refractivity contribution in [2.24, 2.45) is 20.0 Å². The summed E-state index contributed by atoms with van der Waals surface area (Å²) in [7, 11) is 0. The Hall–Kier alpha value is -10.0. The summed E-state index contributed by atoms with van der Waals surface area (Å²) in [5, 5.41) is 33.7. The Kier molecular flexibility index (Phi) is 42.8. The van der Waals surface area contributed by atoms with Gasteiger partial charge in [-0.1, -0.05) is 90.9 Å². The number of aliphatic hydroxyl groups excluding tert-OH is 1. The Balaban J connectivity index is 0.000000160. The molecule has 8 unspecified atom stereocenters. The summed E-state index contributed by atoms with van der Waals surface area (Å²) in [5.74, 6) is -0.957. The summed E-state index contributed by atoms with van der Waals surface area (Å²) < 4.78 is 97.3. The first-order chi connectivity index (χ1) is 69.3. The number of hydrogen-bond donors (Lipinski definition) is 5. The van der Waals surface area contributed by atoms with Gasteiger partial charge in [-0.05, 0) is 114 Å². The van der Waals surface area contributed by atoms with Gasteiger partial charge in [0.05, 0.1) is 113 Å². The van der Waals surface area contributed by atoms with Crippen LogP contribution in [0.25, 0.3) is 0 Å². The van der Waals surface area contributed by atoms with Crippen molar-refractivity contribution in [1.29, 1.82) is 0 Å². The van der Waals surface area contributed by atoms with Crippen LogP contribution in [-0.2, 0) is 80.9 Å².